The van der Waals surface area contributed by atoms with Gasteiger partial charge in [-0.05, 0) is 27.9 Å². The normalized spacial score (nSPS) is 10.1. The van der Waals surface area contributed by atoms with Crippen LogP contribution in [0.4, 0.5) is 5.69 Å². The second-order valence-electron chi connectivity index (χ2n) is 2.51. The summed E-state index contributed by atoms with van der Waals surface area (Å²) in [5.41, 5.74) is 0.843. The zero-order valence-electron chi connectivity index (χ0n) is 6.88. The molecular formula is C8H7BrClNO2. The molecule has 0 bridgehead atoms. The van der Waals surface area contributed by atoms with Crippen LogP contribution in [-0.2, 0) is 6.42 Å². The molecule has 70 valence electrons. The summed E-state index contributed by atoms with van der Waals surface area (Å²) in [6, 6.07) is 2.90. The zero-order chi connectivity index (χ0) is 10.0. The number of non-ortho nitro benzene ring substituents is 1. The average Bonchev–Trinajstić information content (AvgIpc) is 2.09. The van der Waals surface area contributed by atoms with E-state index < -0.39 is 4.92 Å². The molecule has 1 aromatic carbocycles. The van der Waals surface area contributed by atoms with Gasteiger partial charge in [-0.2, -0.15) is 0 Å². The lowest BCUT2D eigenvalue weighted by Gasteiger charge is -2.02. The van der Waals surface area contributed by atoms with Crippen LogP contribution < -0.4 is 0 Å². The molecule has 0 atom stereocenters. The molecule has 3 nitrogen and oxygen atoms in total. The fraction of sp³-hybridized carbons (Fsp3) is 0.250. The Bertz CT molecular complexity index is 354. The van der Waals surface area contributed by atoms with Crippen molar-refractivity contribution in [1.82, 2.24) is 0 Å². The molecule has 0 spiro atoms. The number of nitro groups is 1. The van der Waals surface area contributed by atoms with Gasteiger partial charge in [0.1, 0.15) is 0 Å². The molecule has 1 aromatic rings. The van der Waals surface area contributed by atoms with Gasteiger partial charge in [0.15, 0.2) is 0 Å². The van der Waals surface area contributed by atoms with Gasteiger partial charge in [0.25, 0.3) is 5.69 Å². The van der Waals surface area contributed by atoms with Crippen molar-refractivity contribution in [2.75, 3.05) is 0 Å². The SMILES string of the molecule is CCc1cc([N+](=O)[O-])cc(Br)c1Cl. The first-order valence-electron chi connectivity index (χ1n) is 3.68. The summed E-state index contributed by atoms with van der Waals surface area (Å²) in [6.07, 6.45) is 0.680. The van der Waals surface area contributed by atoms with Crippen LogP contribution in [0.25, 0.3) is 0 Å². The summed E-state index contributed by atoms with van der Waals surface area (Å²) < 4.78 is 0.570. The summed E-state index contributed by atoms with van der Waals surface area (Å²) in [7, 11) is 0. The van der Waals surface area contributed by atoms with Gasteiger partial charge in [-0.3, -0.25) is 10.1 Å². The summed E-state index contributed by atoms with van der Waals surface area (Å²) in [6.45, 7) is 1.90. The van der Waals surface area contributed by atoms with Gasteiger partial charge in [0.05, 0.1) is 9.95 Å². The predicted molar refractivity (Wildman–Crippen MR) is 55.2 cm³/mol. The van der Waals surface area contributed by atoms with Crippen molar-refractivity contribution in [1.29, 1.82) is 0 Å². The van der Waals surface area contributed by atoms with E-state index in [-0.39, 0.29) is 5.69 Å². The van der Waals surface area contributed by atoms with E-state index in [2.05, 4.69) is 15.9 Å². The van der Waals surface area contributed by atoms with Crippen molar-refractivity contribution < 1.29 is 4.92 Å². The maximum absolute atomic E-state index is 10.5. The highest BCUT2D eigenvalue weighted by atomic mass is 79.9. The number of rotatable bonds is 2. The van der Waals surface area contributed by atoms with Crippen LogP contribution in [0.5, 0.6) is 0 Å². The van der Waals surface area contributed by atoms with Gasteiger partial charge in [0.2, 0.25) is 0 Å². The molecule has 0 aliphatic rings. The predicted octanol–water partition coefficient (Wildman–Crippen LogP) is 3.57. The zero-order valence-corrected chi connectivity index (χ0v) is 9.22. The molecule has 0 saturated carbocycles. The van der Waals surface area contributed by atoms with Crippen LogP contribution in [0.15, 0.2) is 16.6 Å². The Morgan fingerprint density at radius 1 is 1.62 bits per heavy atom. The molecule has 0 amide bonds. The smallest absolute Gasteiger partial charge is 0.258 e. The Morgan fingerprint density at radius 3 is 2.69 bits per heavy atom. The monoisotopic (exact) mass is 263 g/mol. The van der Waals surface area contributed by atoms with Crippen LogP contribution in [0.2, 0.25) is 5.02 Å². The number of aryl methyl sites for hydroxylation is 1. The fourth-order valence-corrected chi connectivity index (χ4v) is 1.72. The van der Waals surface area contributed by atoms with Gasteiger partial charge in [-0.25, -0.2) is 0 Å². The fourth-order valence-electron chi connectivity index (χ4n) is 0.993. The van der Waals surface area contributed by atoms with E-state index in [9.17, 15) is 10.1 Å². The van der Waals surface area contributed by atoms with Crippen molar-refractivity contribution in [3.63, 3.8) is 0 Å². The lowest BCUT2D eigenvalue weighted by Crippen LogP contribution is -1.91. The van der Waals surface area contributed by atoms with Crippen molar-refractivity contribution >= 4 is 33.2 Å². The standard InChI is InChI=1S/C8H7BrClNO2/c1-2-5-3-6(11(12)13)4-7(9)8(5)10/h3-4H,2H2,1H3. The topological polar surface area (TPSA) is 43.1 Å². The van der Waals surface area contributed by atoms with Gasteiger partial charge < -0.3 is 0 Å². The highest BCUT2D eigenvalue weighted by Crippen LogP contribution is 2.31. The highest BCUT2D eigenvalue weighted by molar-refractivity contribution is 9.10. The molecule has 5 heteroatoms. The number of nitro benzene ring substituents is 1. The molecule has 0 saturated heterocycles. The molecule has 0 aliphatic heterocycles. The Kier molecular flexibility index (Phi) is 3.27. The minimum absolute atomic E-state index is 0.0631. The molecule has 0 N–H and O–H groups in total. The molecule has 13 heavy (non-hydrogen) atoms. The number of nitrogens with zero attached hydrogens (tertiary/aromatic N) is 1. The second-order valence-corrected chi connectivity index (χ2v) is 3.74. The maximum atomic E-state index is 10.5. The molecule has 0 unspecified atom stereocenters. The lowest BCUT2D eigenvalue weighted by molar-refractivity contribution is -0.385. The third-order valence-corrected chi connectivity index (χ3v) is 2.98. The maximum Gasteiger partial charge on any atom is 0.270 e. The minimum atomic E-state index is -0.430. The molecule has 0 fully saturated rings. The molecule has 0 radical (unpaired) electrons. The summed E-state index contributed by atoms with van der Waals surface area (Å²) >= 11 is 9.07. The van der Waals surface area contributed by atoms with E-state index in [1.165, 1.54) is 12.1 Å². The summed E-state index contributed by atoms with van der Waals surface area (Å²) in [5, 5.41) is 11.0. The largest absolute Gasteiger partial charge is 0.270 e. The number of hydrogen-bond donors (Lipinski definition) is 0. The first-order chi connectivity index (χ1) is 6.06. The van der Waals surface area contributed by atoms with Gasteiger partial charge in [-0.15, -0.1) is 0 Å². The number of benzene rings is 1. The van der Waals surface area contributed by atoms with Gasteiger partial charge >= 0.3 is 0 Å². The number of hydrogen-bond acceptors (Lipinski definition) is 2. The van der Waals surface area contributed by atoms with Crippen molar-refractivity contribution in [2.45, 2.75) is 13.3 Å². The Morgan fingerprint density at radius 2 is 2.23 bits per heavy atom. The first-order valence-corrected chi connectivity index (χ1v) is 4.85. The Balaban J connectivity index is 3.30. The molecule has 0 aliphatic carbocycles. The van der Waals surface area contributed by atoms with E-state index in [0.29, 0.717) is 15.9 Å². The summed E-state index contributed by atoms with van der Waals surface area (Å²) in [4.78, 5) is 10.0. The van der Waals surface area contributed by atoms with E-state index in [1.54, 1.807) is 0 Å². The van der Waals surface area contributed by atoms with E-state index in [1.807, 2.05) is 6.92 Å². The van der Waals surface area contributed by atoms with E-state index in [0.717, 1.165) is 5.56 Å². The van der Waals surface area contributed by atoms with Crippen molar-refractivity contribution in [3.05, 3.63) is 37.3 Å². The third kappa shape index (κ3) is 2.19. The second kappa shape index (κ2) is 4.07. The first kappa shape index (κ1) is 10.5. The highest BCUT2D eigenvalue weighted by Gasteiger charge is 2.12. The number of halogens is 2. The molecule has 1 rings (SSSR count). The molecular weight excluding hydrogens is 257 g/mol. The van der Waals surface area contributed by atoms with Crippen LogP contribution in [0.3, 0.4) is 0 Å². The minimum Gasteiger partial charge on any atom is -0.258 e. The third-order valence-electron chi connectivity index (χ3n) is 1.68. The van der Waals surface area contributed by atoms with Crippen LogP contribution in [-0.4, -0.2) is 4.92 Å². The van der Waals surface area contributed by atoms with Crippen molar-refractivity contribution in [2.24, 2.45) is 0 Å². The van der Waals surface area contributed by atoms with Gasteiger partial charge in [0, 0.05) is 16.6 Å². The molecule has 0 heterocycles. The Hall–Kier alpha value is -0.610. The van der Waals surface area contributed by atoms with Crippen molar-refractivity contribution in [3.8, 4) is 0 Å². The van der Waals surface area contributed by atoms with E-state index >= 15 is 0 Å². The van der Waals surface area contributed by atoms with Crippen LogP contribution in [0.1, 0.15) is 12.5 Å². The van der Waals surface area contributed by atoms with Gasteiger partial charge in [-0.1, -0.05) is 18.5 Å². The average molecular weight is 265 g/mol. The molecule has 0 aromatic heterocycles. The lowest BCUT2D eigenvalue weighted by atomic mass is 10.1. The summed E-state index contributed by atoms with van der Waals surface area (Å²) in [5.74, 6) is 0. The van der Waals surface area contributed by atoms with Crippen LogP contribution >= 0.6 is 27.5 Å². The Labute approximate surface area is 89.0 Å². The van der Waals surface area contributed by atoms with Crippen LogP contribution in [0, 0.1) is 10.1 Å². The van der Waals surface area contributed by atoms with E-state index in [4.69, 9.17) is 11.6 Å². The quantitative estimate of drug-likeness (QED) is 0.605.